The van der Waals surface area contributed by atoms with Crippen LogP contribution in [-0.4, -0.2) is 35.3 Å². The zero-order chi connectivity index (χ0) is 19.2. The summed E-state index contributed by atoms with van der Waals surface area (Å²) in [4.78, 5) is 16.7. The number of ether oxygens (including phenoxy) is 1. The Morgan fingerprint density at radius 3 is 2.86 bits per heavy atom. The molecule has 7 nitrogen and oxygen atoms in total. The standard InChI is InChI=1S/C21H22N4O3/c26-19(22-14-18-10-5-11-27-18)17-9-4-6-15(12-17)13-23-21-24-20(28-25-21)16-7-2-1-3-8-16/h1-4,6-9,12,18H,5,10-11,13-14H2,(H,22,26)(H,23,25). The van der Waals surface area contributed by atoms with Crippen LogP contribution in [0.3, 0.4) is 0 Å². The van der Waals surface area contributed by atoms with E-state index in [0.29, 0.717) is 30.5 Å². The molecule has 0 bridgehead atoms. The molecule has 3 aromatic rings. The van der Waals surface area contributed by atoms with Crippen LogP contribution in [0.25, 0.3) is 11.5 Å². The molecule has 0 radical (unpaired) electrons. The second kappa shape index (κ2) is 8.67. The summed E-state index contributed by atoms with van der Waals surface area (Å²) in [6.45, 7) is 1.82. The predicted octanol–water partition coefficient (Wildman–Crippen LogP) is 3.26. The number of rotatable bonds is 7. The molecule has 1 aliphatic heterocycles. The summed E-state index contributed by atoms with van der Waals surface area (Å²) in [5.74, 6) is 0.778. The number of amides is 1. The van der Waals surface area contributed by atoms with Gasteiger partial charge in [-0.1, -0.05) is 30.3 Å². The molecule has 28 heavy (non-hydrogen) atoms. The minimum atomic E-state index is -0.0942. The van der Waals surface area contributed by atoms with Crippen LogP contribution in [0.5, 0.6) is 0 Å². The van der Waals surface area contributed by atoms with Crippen molar-refractivity contribution >= 4 is 11.9 Å². The lowest BCUT2D eigenvalue weighted by atomic mass is 10.1. The van der Waals surface area contributed by atoms with Crippen molar-refractivity contribution in [1.82, 2.24) is 15.5 Å². The Morgan fingerprint density at radius 1 is 1.14 bits per heavy atom. The Balaban J connectivity index is 1.33. The maximum Gasteiger partial charge on any atom is 0.264 e. The predicted molar refractivity (Wildman–Crippen MR) is 105 cm³/mol. The van der Waals surface area contributed by atoms with Crippen molar-refractivity contribution in [2.75, 3.05) is 18.5 Å². The van der Waals surface area contributed by atoms with E-state index in [1.54, 1.807) is 6.07 Å². The fraction of sp³-hybridized carbons (Fsp3) is 0.286. The summed E-state index contributed by atoms with van der Waals surface area (Å²) < 4.78 is 10.8. The van der Waals surface area contributed by atoms with Crippen molar-refractivity contribution in [2.24, 2.45) is 0 Å². The average Bonchev–Trinajstić information content (AvgIpc) is 3.43. The zero-order valence-electron chi connectivity index (χ0n) is 15.4. The van der Waals surface area contributed by atoms with Crippen LogP contribution in [0.1, 0.15) is 28.8 Å². The van der Waals surface area contributed by atoms with Gasteiger partial charge in [0.25, 0.3) is 17.7 Å². The quantitative estimate of drug-likeness (QED) is 0.656. The number of aromatic nitrogens is 2. The third-order valence-electron chi connectivity index (χ3n) is 4.60. The van der Waals surface area contributed by atoms with E-state index in [4.69, 9.17) is 9.26 Å². The molecular formula is C21H22N4O3. The van der Waals surface area contributed by atoms with Gasteiger partial charge in [0.1, 0.15) is 0 Å². The van der Waals surface area contributed by atoms with Crippen molar-refractivity contribution in [1.29, 1.82) is 0 Å². The van der Waals surface area contributed by atoms with Gasteiger partial charge in [0.05, 0.1) is 6.10 Å². The molecule has 2 heterocycles. The first kappa shape index (κ1) is 18.2. The number of benzene rings is 2. The summed E-state index contributed by atoms with van der Waals surface area (Å²) in [6, 6.07) is 17.1. The van der Waals surface area contributed by atoms with E-state index in [-0.39, 0.29) is 12.0 Å². The van der Waals surface area contributed by atoms with Crippen molar-refractivity contribution in [3.63, 3.8) is 0 Å². The van der Waals surface area contributed by atoms with Crippen LogP contribution in [0.2, 0.25) is 0 Å². The molecule has 1 unspecified atom stereocenters. The van der Waals surface area contributed by atoms with Crippen LogP contribution >= 0.6 is 0 Å². The molecule has 1 aliphatic rings. The number of nitrogens with one attached hydrogen (secondary N) is 2. The van der Waals surface area contributed by atoms with Gasteiger partial charge in [-0.15, -0.1) is 0 Å². The topological polar surface area (TPSA) is 89.3 Å². The van der Waals surface area contributed by atoms with Gasteiger partial charge in [0.2, 0.25) is 0 Å². The lowest BCUT2D eigenvalue weighted by Crippen LogP contribution is -2.31. The van der Waals surface area contributed by atoms with Crippen LogP contribution in [0.4, 0.5) is 5.95 Å². The van der Waals surface area contributed by atoms with Gasteiger partial charge in [-0.3, -0.25) is 4.79 Å². The van der Waals surface area contributed by atoms with Gasteiger partial charge in [0.15, 0.2) is 0 Å². The van der Waals surface area contributed by atoms with Gasteiger partial charge < -0.3 is 19.9 Å². The zero-order valence-corrected chi connectivity index (χ0v) is 15.4. The van der Waals surface area contributed by atoms with Gasteiger partial charge in [-0.05, 0) is 47.8 Å². The first-order chi connectivity index (χ1) is 13.8. The molecule has 1 amide bonds. The summed E-state index contributed by atoms with van der Waals surface area (Å²) >= 11 is 0. The lowest BCUT2D eigenvalue weighted by molar-refractivity contribution is 0.0857. The Morgan fingerprint density at radius 2 is 2.04 bits per heavy atom. The maximum absolute atomic E-state index is 12.4. The van der Waals surface area contributed by atoms with Crippen molar-refractivity contribution in [2.45, 2.75) is 25.5 Å². The number of nitrogens with zero attached hydrogens (tertiary/aromatic N) is 2. The number of carbonyl (C=O) groups excluding carboxylic acids is 1. The smallest absolute Gasteiger partial charge is 0.264 e. The largest absolute Gasteiger partial charge is 0.376 e. The molecule has 144 valence electrons. The summed E-state index contributed by atoms with van der Waals surface area (Å²) in [7, 11) is 0. The van der Waals surface area contributed by atoms with E-state index >= 15 is 0 Å². The Labute approximate surface area is 163 Å². The fourth-order valence-corrected chi connectivity index (χ4v) is 3.11. The molecular weight excluding hydrogens is 356 g/mol. The van der Waals surface area contributed by atoms with E-state index in [1.807, 2.05) is 48.5 Å². The molecule has 2 aromatic carbocycles. The van der Waals surface area contributed by atoms with Crippen LogP contribution in [0, 0.1) is 0 Å². The second-order valence-electron chi connectivity index (χ2n) is 6.69. The Bertz CT molecular complexity index is 920. The van der Waals surface area contributed by atoms with E-state index in [9.17, 15) is 4.79 Å². The highest BCUT2D eigenvalue weighted by Crippen LogP contribution is 2.18. The van der Waals surface area contributed by atoms with Gasteiger partial charge in [0, 0.05) is 30.8 Å². The Hall–Kier alpha value is -3.19. The SMILES string of the molecule is O=C(NCC1CCCO1)c1cccc(CNc2noc(-c3ccccc3)n2)c1. The van der Waals surface area contributed by atoms with Crippen molar-refractivity contribution in [3.05, 3.63) is 65.7 Å². The van der Waals surface area contributed by atoms with E-state index in [2.05, 4.69) is 20.8 Å². The molecule has 1 saturated heterocycles. The van der Waals surface area contributed by atoms with Crippen LogP contribution in [0.15, 0.2) is 59.1 Å². The molecule has 7 heteroatoms. The third kappa shape index (κ3) is 4.55. The molecule has 0 spiro atoms. The van der Waals surface area contributed by atoms with E-state index < -0.39 is 0 Å². The molecule has 2 N–H and O–H groups in total. The third-order valence-corrected chi connectivity index (χ3v) is 4.60. The van der Waals surface area contributed by atoms with Crippen LogP contribution < -0.4 is 10.6 Å². The maximum atomic E-state index is 12.4. The van der Waals surface area contributed by atoms with Crippen molar-refractivity contribution < 1.29 is 14.1 Å². The molecule has 1 aromatic heterocycles. The highest BCUT2D eigenvalue weighted by atomic mass is 16.5. The minimum Gasteiger partial charge on any atom is -0.376 e. The second-order valence-corrected chi connectivity index (χ2v) is 6.69. The monoisotopic (exact) mass is 378 g/mol. The highest BCUT2D eigenvalue weighted by Gasteiger charge is 2.16. The van der Waals surface area contributed by atoms with Gasteiger partial charge in [-0.25, -0.2) is 0 Å². The Kier molecular flexibility index (Phi) is 5.63. The molecule has 1 fully saturated rings. The molecule has 0 saturated carbocycles. The van der Waals surface area contributed by atoms with Crippen LogP contribution in [-0.2, 0) is 11.3 Å². The molecule has 0 aliphatic carbocycles. The van der Waals surface area contributed by atoms with Gasteiger partial charge in [-0.2, -0.15) is 4.98 Å². The van der Waals surface area contributed by atoms with Gasteiger partial charge >= 0.3 is 0 Å². The number of hydrogen-bond donors (Lipinski definition) is 2. The summed E-state index contributed by atoms with van der Waals surface area (Å²) in [5.41, 5.74) is 2.44. The summed E-state index contributed by atoms with van der Waals surface area (Å²) in [6.07, 6.45) is 2.19. The molecule has 4 rings (SSSR count). The average molecular weight is 378 g/mol. The lowest BCUT2D eigenvalue weighted by Gasteiger charge is -2.11. The van der Waals surface area contributed by atoms with E-state index in [1.165, 1.54) is 0 Å². The normalized spacial score (nSPS) is 16.1. The minimum absolute atomic E-state index is 0.0942. The number of carbonyl (C=O) groups is 1. The summed E-state index contributed by atoms with van der Waals surface area (Å²) in [5, 5.41) is 10.0. The first-order valence-electron chi connectivity index (χ1n) is 9.40. The van der Waals surface area contributed by atoms with Crippen molar-refractivity contribution in [3.8, 4) is 11.5 Å². The molecule has 1 atom stereocenters. The number of anilines is 1. The fourth-order valence-electron chi connectivity index (χ4n) is 3.11. The highest BCUT2D eigenvalue weighted by molar-refractivity contribution is 5.94. The first-order valence-corrected chi connectivity index (χ1v) is 9.40. The van der Waals surface area contributed by atoms with E-state index in [0.717, 1.165) is 30.6 Å². The number of hydrogen-bond acceptors (Lipinski definition) is 6.